The van der Waals surface area contributed by atoms with E-state index in [1.54, 1.807) is 0 Å². The fourth-order valence-corrected chi connectivity index (χ4v) is 2.37. The molecule has 1 amide bonds. The van der Waals surface area contributed by atoms with Crippen molar-refractivity contribution in [1.82, 2.24) is 0 Å². The van der Waals surface area contributed by atoms with Gasteiger partial charge < -0.3 is 5.32 Å². The molecule has 0 saturated carbocycles. The first-order valence-electron chi connectivity index (χ1n) is 6.17. The second-order valence-corrected chi connectivity index (χ2v) is 5.78. The molecule has 1 N–H and O–H groups in total. The van der Waals surface area contributed by atoms with Gasteiger partial charge in [-0.15, -0.1) is 0 Å². The largest absolute Gasteiger partial charge is 0.326 e. The van der Waals surface area contributed by atoms with Crippen LogP contribution < -0.4 is 5.32 Å². The molecule has 0 aromatic heterocycles. The number of benzene rings is 2. The zero-order valence-corrected chi connectivity index (χ0v) is 13.2. The molecule has 0 bridgehead atoms. The first-order valence-corrected chi connectivity index (χ1v) is 7.24. The molecule has 98 valence electrons. The molecular formula is C16H16INO. The Labute approximate surface area is 127 Å². The minimum atomic E-state index is 0.0222. The summed E-state index contributed by atoms with van der Waals surface area (Å²) in [6, 6.07) is 13.9. The minimum Gasteiger partial charge on any atom is -0.326 e. The van der Waals surface area contributed by atoms with Gasteiger partial charge in [0.15, 0.2) is 0 Å². The average Bonchev–Trinajstić information content (AvgIpc) is 2.37. The highest BCUT2D eigenvalue weighted by Crippen LogP contribution is 2.17. The lowest BCUT2D eigenvalue weighted by Gasteiger charge is -2.08. The maximum absolute atomic E-state index is 12.0. The van der Waals surface area contributed by atoms with Gasteiger partial charge in [0.25, 0.3) is 0 Å². The maximum Gasteiger partial charge on any atom is 0.228 e. The van der Waals surface area contributed by atoms with E-state index in [1.807, 2.05) is 49.4 Å². The molecule has 2 nitrogen and oxygen atoms in total. The molecule has 19 heavy (non-hydrogen) atoms. The van der Waals surface area contributed by atoms with Crippen LogP contribution >= 0.6 is 22.6 Å². The summed E-state index contributed by atoms with van der Waals surface area (Å²) in [6.45, 7) is 4.08. The third-order valence-corrected chi connectivity index (χ3v) is 4.23. The number of aryl methyl sites for hydroxylation is 2. The Balaban J connectivity index is 2.05. The summed E-state index contributed by atoms with van der Waals surface area (Å²) >= 11 is 2.27. The van der Waals surface area contributed by atoms with Crippen LogP contribution in [0.5, 0.6) is 0 Å². The van der Waals surface area contributed by atoms with Gasteiger partial charge in [-0.1, -0.05) is 30.3 Å². The van der Waals surface area contributed by atoms with Crippen molar-refractivity contribution in [3.05, 3.63) is 62.7 Å². The number of hydrogen-bond donors (Lipinski definition) is 1. The van der Waals surface area contributed by atoms with Crippen molar-refractivity contribution in [2.45, 2.75) is 20.3 Å². The second-order valence-electron chi connectivity index (χ2n) is 4.62. The van der Waals surface area contributed by atoms with E-state index in [0.29, 0.717) is 6.42 Å². The van der Waals surface area contributed by atoms with Gasteiger partial charge in [0.2, 0.25) is 5.91 Å². The number of carbonyl (C=O) groups is 1. The molecule has 0 aliphatic rings. The molecule has 0 aliphatic carbocycles. The summed E-state index contributed by atoms with van der Waals surface area (Å²) < 4.78 is 1.16. The number of anilines is 1. The second kappa shape index (κ2) is 6.19. The van der Waals surface area contributed by atoms with Crippen molar-refractivity contribution in [3.8, 4) is 0 Å². The lowest BCUT2D eigenvalue weighted by molar-refractivity contribution is -0.115. The van der Waals surface area contributed by atoms with Crippen LogP contribution in [0.15, 0.2) is 42.5 Å². The Morgan fingerprint density at radius 3 is 2.53 bits per heavy atom. The normalized spacial score (nSPS) is 10.3. The zero-order valence-electron chi connectivity index (χ0n) is 11.0. The fraction of sp³-hybridized carbons (Fsp3) is 0.188. The van der Waals surface area contributed by atoms with Gasteiger partial charge in [0.05, 0.1) is 6.42 Å². The summed E-state index contributed by atoms with van der Waals surface area (Å²) in [6.07, 6.45) is 0.414. The van der Waals surface area contributed by atoms with Gasteiger partial charge in [0, 0.05) is 9.26 Å². The Morgan fingerprint density at radius 1 is 1.11 bits per heavy atom. The molecule has 0 atom stereocenters. The fourth-order valence-electron chi connectivity index (χ4n) is 1.86. The highest BCUT2D eigenvalue weighted by atomic mass is 127. The molecule has 2 aromatic rings. The Hall–Kier alpha value is -1.36. The van der Waals surface area contributed by atoms with Gasteiger partial charge in [-0.3, -0.25) is 4.79 Å². The van der Waals surface area contributed by atoms with Gasteiger partial charge in [0.1, 0.15) is 0 Å². The summed E-state index contributed by atoms with van der Waals surface area (Å²) in [5.74, 6) is 0.0222. The van der Waals surface area contributed by atoms with E-state index in [2.05, 4.69) is 34.8 Å². The van der Waals surface area contributed by atoms with E-state index in [9.17, 15) is 4.79 Å². The highest BCUT2D eigenvalue weighted by Gasteiger charge is 2.06. The SMILES string of the molecule is Cc1ccc(NC(=O)Cc2ccccc2C)cc1I. The monoisotopic (exact) mass is 365 g/mol. The van der Waals surface area contributed by atoms with Gasteiger partial charge in [-0.05, 0) is 65.3 Å². The van der Waals surface area contributed by atoms with Crippen molar-refractivity contribution in [3.63, 3.8) is 0 Å². The van der Waals surface area contributed by atoms with Gasteiger partial charge in [-0.25, -0.2) is 0 Å². The van der Waals surface area contributed by atoms with E-state index in [4.69, 9.17) is 0 Å². The molecule has 0 heterocycles. The summed E-state index contributed by atoms with van der Waals surface area (Å²) in [5.41, 5.74) is 4.30. The van der Waals surface area contributed by atoms with Crippen LogP contribution in [-0.2, 0) is 11.2 Å². The molecular weight excluding hydrogens is 349 g/mol. The number of carbonyl (C=O) groups excluding carboxylic acids is 1. The quantitative estimate of drug-likeness (QED) is 0.816. The molecule has 3 heteroatoms. The molecule has 0 radical (unpaired) electrons. The Morgan fingerprint density at radius 2 is 1.84 bits per heavy atom. The third-order valence-electron chi connectivity index (χ3n) is 3.07. The molecule has 0 fully saturated rings. The molecule has 0 aliphatic heterocycles. The number of halogens is 1. The summed E-state index contributed by atoms with van der Waals surface area (Å²) in [4.78, 5) is 12.0. The van der Waals surface area contributed by atoms with Gasteiger partial charge in [-0.2, -0.15) is 0 Å². The van der Waals surface area contributed by atoms with Gasteiger partial charge >= 0.3 is 0 Å². The smallest absolute Gasteiger partial charge is 0.228 e. The molecule has 0 spiro atoms. The lowest BCUT2D eigenvalue weighted by Crippen LogP contribution is -2.15. The Bertz CT molecular complexity index is 607. The van der Waals surface area contributed by atoms with E-state index in [1.165, 1.54) is 5.56 Å². The van der Waals surface area contributed by atoms with E-state index in [-0.39, 0.29) is 5.91 Å². The standard InChI is InChI=1S/C16H16INO/c1-11-5-3-4-6-13(11)9-16(19)18-14-8-7-12(2)15(17)10-14/h3-8,10H,9H2,1-2H3,(H,18,19). The highest BCUT2D eigenvalue weighted by molar-refractivity contribution is 14.1. The van der Waals surface area contributed by atoms with Crippen LogP contribution in [-0.4, -0.2) is 5.91 Å². The van der Waals surface area contributed by atoms with E-state index < -0.39 is 0 Å². The number of rotatable bonds is 3. The van der Waals surface area contributed by atoms with E-state index in [0.717, 1.165) is 20.4 Å². The first-order chi connectivity index (χ1) is 9.06. The first kappa shape index (κ1) is 14.1. The van der Waals surface area contributed by atoms with Crippen LogP contribution in [0.25, 0.3) is 0 Å². The number of hydrogen-bond acceptors (Lipinski definition) is 1. The maximum atomic E-state index is 12.0. The predicted molar refractivity (Wildman–Crippen MR) is 87.4 cm³/mol. The van der Waals surface area contributed by atoms with Crippen molar-refractivity contribution in [2.75, 3.05) is 5.32 Å². The zero-order chi connectivity index (χ0) is 13.8. The third kappa shape index (κ3) is 3.80. The van der Waals surface area contributed by atoms with Crippen molar-refractivity contribution < 1.29 is 4.79 Å². The van der Waals surface area contributed by atoms with Crippen LogP contribution in [0.3, 0.4) is 0 Å². The molecule has 2 rings (SSSR count). The van der Waals surface area contributed by atoms with Crippen LogP contribution in [0.1, 0.15) is 16.7 Å². The van der Waals surface area contributed by atoms with E-state index >= 15 is 0 Å². The number of amides is 1. The lowest BCUT2D eigenvalue weighted by atomic mass is 10.1. The van der Waals surface area contributed by atoms with Crippen molar-refractivity contribution in [1.29, 1.82) is 0 Å². The molecule has 2 aromatic carbocycles. The van der Waals surface area contributed by atoms with Crippen LogP contribution in [0, 0.1) is 17.4 Å². The number of nitrogens with one attached hydrogen (secondary N) is 1. The Kier molecular flexibility index (Phi) is 4.58. The van der Waals surface area contributed by atoms with Crippen molar-refractivity contribution in [2.24, 2.45) is 0 Å². The minimum absolute atomic E-state index is 0.0222. The summed E-state index contributed by atoms with van der Waals surface area (Å²) in [5, 5.41) is 2.94. The summed E-state index contributed by atoms with van der Waals surface area (Å²) in [7, 11) is 0. The van der Waals surface area contributed by atoms with Crippen molar-refractivity contribution >= 4 is 34.2 Å². The van der Waals surface area contributed by atoms with Crippen LogP contribution in [0.2, 0.25) is 0 Å². The molecule has 0 saturated heterocycles. The predicted octanol–water partition coefficient (Wildman–Crippen LogP) is 4.09. The average molecular weight is 365 g/mol. The topological polar surface area (TPSA) is 29.1 Å². The molecule has 0 unspecified atom stereocenters. The van der Waals surface area contributed by atoms with Crippen LogP contribution in [0.4, 0.5) is 5.69 Å².